The molecule has 1 aliphatic rings. The number of benzene rings is 1. The molecule has 1 fully saturated rings. The number of halogens is 3. The fourth-order valence-electron chi connectivity index (χ4n) is 2.67. The Labute approximate surface area is 156 Å². The zero-order valence-electron chi connectivity index (χ0n) is 14.9. The van der Waals surface area contributed by atoms with Gasteiger partial charge in [0, 0.05) is 44.2 Å². The number of carbonyl (C=O) groups is 1. The van der Waals surface area contributed by atoms with E-state index in [9.17, 15) is 18.0 Å². The summed E-state index contributed by atoms with van der Waals surface area (Å²) in [5.74, 6) is 0.553. The molecule has 1 amide bonds. The largest absolute Gasteiger partial charge is 0.411 e. The van der Waals surface area contributed by atoms with E-state index < -0.39 is 12.8 Å². The molecule has 0 N–H and O–H groups in total. The van der Waals surface area contributed by atoms with Crippen LogP contribution in [0.3, 0.4) is 0 Å². The molecule has 146 valence electrons. The van der Waals surface area contributed by atoms with E-state index in [1.807, 2.05) is 36.1 Å². The van der Waals surface area contributed by atoms with Crippen molar-refractivity contribution in [2.45, 2.75) is 24.4 Å². The van der Waals surface area contributed by atoms with Gasteiger partial charge in [0.2, 0.25) is 5.91 Å². The maximum atomic E-state index is 12.3. The van der Waals surface area contributed by atoms with Crippen LogP contribution in [0.4, 0.5) is 13.2 Å². The Hall–Kier alpha value is -1.25. The molecule has 8 heteroatoms. The maximum absolute atomic E-state index is 12.3. The second-order valence-electron chi connectivity index (χ2n) is 6.35. The van der Waals surface area contributed by atoms with Crippen molar-refractivity contribution < 1.29 is 22.7 Å². The van der Waals surface area contributed by atoms with Crippen LogP contribution >= 0.6 is 11.8 Å². The monoisotopic (exact) mass is 390 g/mol. The maximum Gasteiger partial charge on any atom is 0.411 e. The van der Waals surface area contributed by atoms with E-state index in [-0.39, 0.29) is 12.5 Å². The zero-order valence-corrected chi connectivity index (χ0v) is 15.7. The van der Waals surface area contributed by atoms with Crippen LogP contribution in [0.15, 0.2) is 29.2 Å². The van der Waals surface area contributed by atoms with E-state index in [1.54, 1.807) is 0 Å². The molecule has 0 aliphatic carbocycles. The molecule has 0 atom stereocenters. The first kappa shape index (κ1) is 21.1. The molecule has 0 saturated carbocycles. The average Bonchev–Trinajstić information content (AvgIpc) is 2.60. The minimum atomic E-state index is -4.26. The highest BCUT2D eigenvalue weighted by Crippen LogP contribution is 2.19. The van der Waals surface area contributed by atoms with E-state index in [2.05, 4.69) is 9.64 Å². The third-order valence-corrected chi connectivity index (χ3v) is 5.13. The molecule has 1 aromatic carbocycles. The molecular formula is C18H25F3N2O2S. The van der Waals surface area contributed by atoms with Crippen molar-refractivity contribution in [3.63, 3.8) is 0 Å². The Morgan fingerprint density at radius 3 is 2.42 bits per heavy atom. The van der Waals surface area contributed by atoms with Gasteiger partial charge in [-0.15, -0.1) is 11.8 Å². The lowest BCUT2D eigenvalue weighted by atomic mass is 10.2. The van der Waals surface area contributed by atoms with Gasteiger partial charge in [0.15, 0.2) is 0 Å². The third-order valence-electron chi connectivity index (χ3n) is 4.14. The summed E-state index contributed by atoms with van der Waals surface area (Å²) in [5.41, 5.74) is 1.20. The third kappa shape index (κ3) is 7.97. The van der Waals surface area contributed by atoms with E-state index >= 15 is 0 Å². The zero-order chi connectivity index (χ0) is 19.0. The summed E-state index contributed by atoms with van der Waals surface area (Å²) >= 11 is 1.54. The van der Waals surface area contributed by atoms with Crippen molar-refractivity contribution in [2.24, 2.45) is 0 Å². The predicted octanol–water partition coefficient (Wildman–Crippen LogP) is 3.20. The Balaban J connectivity index is 1.58. The molecule has 1 heterocycles. The van der Waals surface area contributed by atoms with Crippen molar-refractivity contribution in [3.8, 4) is 0 Å². The Kier molecular flexibility index (Phi) is 8.24. The summed E-state index contributed by atoms with van der Waals surface area (Å²) in [7, 11) is 0. The fourth-order valence-corrected chi connectivity index (χ4v) is 3.47. The van der Waals surface area contributed by atoms with Crippen LogP contribution in [0.2, 0.25) is 0 Å². The summed E-state index contributed by atoms with van der Waals surface area (Å²) < 4.78 is 40.5. The second kappa shape index (κ2) is 10.2. The van der Waals surface area contributed by atoms with Crippen molar-refractivity contribution in [1.82, 2.24) is 9.80 Å². The molecule has 0 radical (unpaired) electrons. The number of alkyl halides is 3. The van der Waals surface area contributed by atoms with Gasteiger partial charge in [0.1, 0.15) is 6.61 Å². The summed E-state index contributed by atoms with van der Waals surface area (Å²) in [6.07, 6.45) is -3.70. The van der Waals surface area contributed by atoms with Gasteiger partial charge in [-0.1, -0.05) is 17.7 Å². The summed E-state index contributed by atoms with van der Waals surface area (Å²) in [6, 6.07) is 8.10. The first-order valence-corrected chi connectivity index (χ1v) is 9.66. The van der Waals surface area contributed by atoms with Crippen LogP contribution in [0.25, 0.3) is 0 Å². The van der Waals surface area contributed by atoms with Gasteiger partial charge in [-0.2, -0.15) is 13.2 Å². The van der Waals surface area contributed by atoms with Gasteiger partial charge in [0.05, 0.1) is 5.75 Å². The Morgan fingerprint density at radius 2 is 1.81 bits per heavy atom. The lowest BCUT2D eigenvalue weighted by Crippen LogP contribution is -2.49. The smallest absolute Gasteiger partial charge is 0.372 e. The topological polar surface area (TPSA) is 32.8 Å². The number of nitrogens with zero attached hydrogens (tertiary/aromatic N) is 2. The van der Waals surface area contributed by atoms with Crippen molar-refractivity contribution in [1.29, 1.82) is 0 Å². The van der Waals surface area contributed by atoms with E-state index in [4.69, 9.17) is 0 Å². The molecule has 2 rings (SSSR count). The van der Waals surface area contributed by atoms with Crippen LogP contribution in [0.5, 0.6) is 0 Å². The minimum absolute atomic E-state index is 0.103. The highest BCUT2D eigenvalue weighted by molar-refractivity contribution is 8.00. The molecule has 0 bridgehead atoms. The van der Waals surface area contributed by atoms with Crippen molar-refractivity contribution >= 4 is 17.7 Å². The quantitative estimate of drug-likeness (QED) is 0.504. The van der Waals surface area contributed by atoms with Crippen LogP contribution in [0.1, 0.15) is 12.0 Å². The van der Waals surface area contributed by atoms with Gasteiger partial charge in [-0.25, -0.2) is 0 Å². The lowest BCUT2D eigenvalue weighted by molar-refractivity contribution is -0.174. The molecule has 0 unspecified atom stereocenters. The SMILES string of the molecule is Cc1ccc(SCC(=O)N2CCN(CCCOCC(F)(F)F)CC2)cc1. The van der Waals surface area contributed by atoms with Crippen LogP contribution in [-0.4, -0.2) is 73.6 Å². The van der Waals surface area contributed by atoms with Gasteiger partial charge < -0.3 is 9.64 Å². The fraction of sp³-hybridized carbons (Fsp3) is 0.611. The number of piperazine rings is 1. The van der Waals surface area contributed by atoms with Crippen molar-refractivity contribution in [3.05, 3.63) is 29.8 Å². The first-order chi connectivity index (χ1) is 12.3. The van der Waals surface area contributed by atoms with Gasteiger partial charge in [0.25, 0.3) is 0 Å². The van der Waals surface area contributed by atoms with Crippen LogP contribution in [-0.2, 0) is 9.53 Å². The summed E-state index contributed by atoms with van der Waals surface area (Å²) in [4.78, 5) is 17.4. The highest BCUT2D eigenvalue weighted by Gasteiger charge is 2.27. The number of carbonyl (C=O) groups excluding carboxylic acids is 1. The molecule has 1 saturated heterocycles. The molecule has 26 heavy (non-hydrogen) atoms. The number of hydrogen-bond donors (Lipinski definition) is 0. The minimum Gasteiger partial charge on any atom is -0.372 e. The number of rotatable bonds is 8. The molecule has 0 aromatic heterocycles. The van der Waals surface area contributed by atoms with Crippen molar-refractivity contribution in [2.75, 3.05) is 51.7 Å². The van der Waals surface area contributed by atoms with Gasteiger partial charge in [-0.05, 0) is 25.5 Å². The molecule has 0 spiro atoms. The van der Waals surface area contributed by atoms with Crippen LogP contribution < -0.4 is 0 Å². The lowest BCUT2D eigenvalue weighted by Gasteiger charge is -2.34. The normalized spacial score (nSPS) is 16.1. The first-order valence-electron chi connectivity index (χ1n) is 8.67. The highest BCUT2D eigenvalue weighted by atomic mass is 32.2. The van der Waals surface area contributed by atoms with Gasteiger partial charge >= 0.3 is 6.18 Å². The summed E-state index contributed by atoms with van der Waals surface area (Å²) in [6.45, 7) is 4.47. The van der Waals surface area contributed by atoms with E-state index in [1.165, 1.54) is 17.3 Å². The van der Waals surface area contributed by atoms with Crippen LogP contribution in [0, 0.1) is 6.92 Å². The van der Waals surface area contributed by atoms with Gasteiger partial charge in [-0.3, -0.25) is 9.69 Å². The molecular weight excluding hydrogens is 365 g/mol. The Morgan fingerprint density at radius 1 is 1.15 bits per heavy atom. The number of ether oxygens (including phenoxy) is 1. The number of amides is 1. The second-order valence-corrected chi connectivity index (χ2v) is 7.39. The molecule has 4 nitrogen and oxygen atoms in total. The number of aryl methyl sites for hydroxylation is 1. The predicted molar refractivity (Wildman–Crippen MR) is 96.4 cm³/mol. The molecule has 1 aromatic rings. The summed E-state index contributed by atoms with van der Waals surface area (Å²) in [5, 5.41) is 0. The molecule has 1 aliphatic heterocycles. The van der Waals surface area contributed by atoms with E-state index in [0.717, 1.165) is 18.0 Å². The standard InChI is InChI=1S/C18H25F3N2O2S/c1-15-3-5-16(6-4-15)26-13-17(24)23-10-8-22(9-11-23)7-2-12-25-14-18(19,20)21/h3-6H,2,7-14H2,1H3. The van der Waals surface area contributed by atoms with E-state index in [0.29, 0.717) is 31.8 Å². The number of hydrogen-bond acceptors (Lipinski definition) is 4. The Bertz CT molecular complexity index is 559. The number of thioether (sulfide) groups is 1. The average molecular weight is 390 g/mol.